The zero-order valence-corrected chi connectivity index (χ0v) is 11.1. The van der Waals surface area contributed by atoms with Crippen molar-refractivity contribution >= 4 is 21.1 Å². The number of sulfone groups is 1. The summed E-state index contributed by atoms with van der Waals surface area (Å²) in [5, 5.41) is 0. The predicted molar refractivity (Wildman–Crippen MR) is 76.5 cm³/mol. The third-order valence-electron chi connectivity index (χ3n) is 3.17. The number of anilines is 1. The quantitative estimate of drug-likeness (QED) is 0.784. The standard InChI is InChI=1S/C14H17NO2S/c1-3-12(2)13-5-4-6-14(11-13)15-7-9-18(16,17)10-8-15/h3-6,11H,1-2,7-10H2. The highest BCUT2D eigenvalue weighted by Crippen LogP contribution is 2.22. The largest absolute Gasteiger partial charge is 0.369 e. The number of rotatable bonds is 3. The Balaban J connectivity index is 2.19. The molecule has 1 aliphatic heterocycles. The third kappa shape index (κ3) is 2.82. The second-order valence-corrected chi connectivity index (χ2v) is 6.72. The molecule has 0 unspecified atom stereocenters. The second kappa shape index (κ2) is 4.98. The first-order chi connectivity index (χ1) is 8.52. The van der Waals surface area contributed by atoms with Crippen LogP contribution in [0.4, 0.5) is 5.69 Å². The Bertz CT molecular complexity index is 561. The van der Waals surface area contributed by atoms with Crippen LogP contribution >= 0.6 is 0 Å². The van der Waals surface area contributed by atoms with Gasteiger partial charge in [-0.05, 0) is 23.3 Å². The minimum absolute atomic E-state index is 0.236. The topological polar surface area (TPSA) is 37.4 Å². The molecule has 1 heterocycles. The van der Waals surface area contributed by atoms with Gasteiger partial charge in [-0.2, -0.15) is 0 Å². The summed E-state index contributed by atoms with van der Waals surface area (Å²) < 4.78 is 22.8. The Labute approximate surface area is 108 Å². The molecule has 0 amide bonds. The van der Waals surface area contributed by atoms with E-state index in [0.717, 1.165) is 16.8 Å². The predicted octanol–water partition coefficient (Wildman–Crippen LogP) is 2.12. The van der Waals surface area contributed by atoms with E-state index < -0.39 is 9.84 Å². The van der Waals surface area contributed by atoms with Crippen molar-refractivity contribution in [1.82, 2.24) is 0 Å². The molecular weight excluding hydrogens is 246 g/mol. The van der Waals surface area contributed by atoms with Gasteiger partial charge in [-0.1, -0.05) is 31.4 Å². The number of benzene rings is 1. The summed E-state index contributed by atoms with van der Waals surface area (Å²) in [6.07, 6.45) is 1.72. The Kier molecular flexibility index (Phi) is 3.57. The van der Waals surface area contributed by atoms with Crippen molar-refractivity contribution < 1.29 is 8.42 Å². The first-order valence-corrected chi connectivity index (χ1v) is 7.71. The van der Waals surface area contributed by atoms with Crippen molar-refractivity contribution in [3.05, 3.63) is 49.1 Å². The van der Waals surface area contributed by atoms with Crippen molar-refractivity contribution in [3.63, 3.8) is 0 Å². The smallest absolute Gasteiger partial charge is 0.153 e. The zero-order chi connectivity index (χ0) is 13.2. The molecule has 0 spiro atoms. The molecule has 4 heteroatoms. The summed E-state index contributed by atoms with van der Waals surface area (Å²) in [5.41, 5.74) is 2.95. The fourth-order valence-corrected chi connectivity index (χ4v) is 3.19. The fraction of sp³-hybridized carbons (Fsp3) is 0.286. The van der Waals surface area contributed by atoms with E-state index >= 15 is 0 Å². The summed E-state index contributed by atoms with van der Waals surface area (Å²) in [7, 11) is -2.83. The van der Waals surface area contributed by atoms with Gasteiger partial charge in [-0.15, -0.1) is 0 Å². The van der Waals surface area contributed by atoms with Gasteiger partial charge in [0.1, 0.15) is 0 Å². The van der Waals surface area contributed by atoms with Crippen LogP contribution in [-0.4, -0.2) is 33.0 Å². The average Bonchev–Trinajstić information content (AvgIpc) is 2.38. The van der Waals surface area contributed by atoms with E-state index in [4.69, 9.17) is 0 Å². The summed E-state index contributed by atoms with van der Waals surface area (Å²) in [6, 6.07) is 7.97. The molecule has 0 saturated carbocycles. The van der Waals surface area contributed by atoms with Gasteiger partial charge in [0.05, 0.1) is 11.5 Å². The maximum Gasteiger partial charge on any atom is 0.153 e. The highest BCUT2D eigenvalue weighted by Gasteiger charge is 2.21. The van der Waals surface area contributed by atoms with E-state index in [1.54, 1.807) is 6.08 Å². The molecule has 1 aromatic carbocycles. The lowest BCUT2D eigenvalue weighted by atomic mass is 10.1. The summed E-state index contributed by atoms with van der Waals surface area (Å²) >= 11 is 0. The number of nitrogens with zero attached hydrogens (tertiary/aromatic N) is 1. The lowest BCUT2D eigenvalue weighted by Crippen LogP contribution is -2.40. The minimum atomic E-state index is -2.83. The Hall–Kier alpha value is -1.55. The van der Waals surface area contributed by atoms with Gasteiger partial charge >= 0.3 is 0 Å². The van der Waals surface area contributed by atoms with E-state index in [2.05, 4.69) is 18.1 Å². The van der Waals surface area contributed by atoms with Gasteiger partial charge in [0, 0.05) is 18.8 Å². The van der Waals surface area contributed by atoms with Gasteiger partial charge in [-0.25, -0.2) is 8.42 Å². The zero-order valence-electron chi connectivity index (χ0n) is 10.3. The van der Waals surface area contributed by atoms with E-state index in [9.17, 15) is 8.42 Å². The minimum Gasteiger partial charge on any atom is -0.369 e. The van der Waals surface area contributed by atoms with Crippen LogP contribution in [-0.2, 0) is 9.84 Å². The van der Waals surface area contributed by atoms with E-state index in [-0.39, 0.29) is 11.5 Å². The number of hydrogen-bond acceptors (Lipinski definition) is 3. The van der Waals surface area contributed by atoms with Crippen molar-refractivity contribution in [2.24, 2.45) is 0 Å². The van der Waals surface area contributed by atoms with Crippen LogP contribution in [0, 0.1) is 0 Å². The van der Waals surface area contributed by atoms with E-state index in [1.807, 2.05) is 24.3 Å². The van der Waals surface area contributed by atoms with Crippen LogP contribution in [0.3, 0.4) is 0 Å². The molecule has 0 bridgehead atoms. The normalized spacial score (nSPS) is 18.3. The molecule has 0 N–H and O–H groups in total. The molecule has 3 nitrogen and oxygen atoms in total. The van der Waals surface area contributed by atoms with Gasteiger partial charge in [0.2, 0.25) is 0 Å². The van der Waals surface area contributed by atoms with Crippen LogP contribution in [0.15, 0.2) is 43.5 Å². The van der Waals surface area contributed by atoms with Crippen molar-refractivity contribution in [2.45, 2.75) is 0 Å². The van der Waals surface area contributed by atoms with Crippen LogP contribution in [0.1, 0.15) is 5.56 Å². The molecule has 2 rings (SSSR count). The lowest BCUT2D eigenvalue weighted by molar-refractivity contribution is 0.587. The molecular formula is C14H17NO2S. The summed E-state index contributed by atoms with van der Waals surface area (Å²) in [5.74, 6) is 0.471. The van der Waals surface area contributed by atoms with Crippen LogP contribution in [0.25, 0.3) is 5.57 Å². The lowest BCUT2D eigenvalue weighted by Gasteiger charge is -2.29. The molecule has 96 valence electrons. The van der Waals surface area contributed by atoms with E-state index in [1.165, 1.54) is 0 Å². The van der Waals surface area contributed by atoms with Gasteiger partial charge in [0.25, 0.3) is 0 Å². The van der Waals surface area contributed by atoms with Crippen molar-refractivity contribution in [3.8, 4) is 0 Å². The second-order valence-electron chi connectivity index (χ2n) is 4.42. The van der Waals surface area contributed by atoms with E-state index in [0.29, 0.717) is 13.1 Å². The molecule has 1 aliphatic rings. The molecule has 0 aromatic heterocycles. The first-order valence-electron chi connectivity index (χ1n) is 5.89. The number of allylic oxidation sites excluding steroid dienone is 2. The maximum absolute atomic E-state index is 11.4. The molecule has 1 fully saturated rings. The van der Waals surface area contributed by atoms with Crippen LogP contribution in [0.2, 0.25) is 0 Å². The van der Waals surface area contributed by atoms with Gasteiger partial charge in [0.15, 0.2) is 9.84 Å². The summed E-state index contributed by atoms with van der Waals surface area (Å²) in [4.78, 5) is 2.10. The molecule has 1 saturated heterocycles. The maximum atomic E-state index is 11.4. The molecule has 0 radical (unpaired) electrons. The first kappa shape index (κ1) is 12.9. The highest BCUT2D eigenvalue weighted by molar-refractivity contribution is 7.91. The summed E-state index contributed by atoms with van der Waals surface area (Å²) in [6.45, 7) is 8.75. The Morgan fingerprint density at radius 3 is 2.56 bits per heavy atom. The molecule has 0 aliphatic carbocycles. The van der Waals surface area contributed by atoms with Crippen molar-refractivity contribution in [1.29, 1.82) is 0 Å². The Morgan fingerprint density at radius 1 is 1.28 bits per heavy atom. The van der Waals surface area contributed by atoms with Crippen molar-refractivity contribution in [2.75, 3.05) is 29.5 Å². The van der Waals surface area contributed by atoms with Gasteiger partial charge < -0.3 is 4.90 Å². The molecule has 0 atom stereocenters. The van der Waals surface area contributed by atoms with Crippen LogP contribution < -0.4 is 4.90 Å². The van der Waals surface area contributed by atoms with Crippen LogP contribution in [0.5, 0.6) is 0 Å². The monoisotopic (exact) mass is 263 g/mol. The number of hydrogen-bond donors (Lipinski definition) is 0. The third-order valence-corrected chi connectivity index (χ3v) is 4.78. The highest BCUT2D eigenvalue weighted by atomic mass is 32.2. The average molecular weight is 263 g/mol. The Morgan fingerprint density at radius 2 is 1.94 bits per heavy atom. The molecule has 18 heavy (non-hydrogen) atoms. The molecule has 1 aromatic rings. The SMILES string of the molecule is C=CC(=C)c1cccc(N2CCS(=O)(=O)CC2)c1. The van der Waals surface area contributed by atoms with Gasteiger partial charge in [-0.3, -0.25) is 0 Å². The fourth-order valence-electron chi connectivity index (χ4n) is 1.99.